The fraction of sp³-hybridized carbons (Fsp3) is 0.297. The molecule has 0 radical (unpaired) electrons. The molecule has 2 amide bonds. The molecule has 0 unspecified atom stereocenters. The zero-order chi connectivity index (χ0) is 38.5. The molecule has 6 heterocycles. The van der Waals surface area contributed by atoms with Gasteiger partial charge in [0.2, 0.25) is 0 Å². The molecule has 0 aliphatic carbocycles. The maximum atomic E-state index is 12.3. The lowest BCUT2D eigenvalue weighted by Gasteiger charge is -2.28. The average Bonchev–Trinajstić information content (AvgIpc) is 4.03. The molecule has 2 aromatic carbocycles. The Labute approximate surface area is 326 Å². The van der Waals surface area contributed by atoms with Gasteiger partial charge in [-0.3, -0.25) is 19.0 Å². The first-order valence-corrected chi connectivity index (χ1v) is 18.5. The molecule has 2 aliphatic rings. The number of rotatable bonds is 8. The fourth-order valence-electron chi connectivity index (χ4n) is 6.46. The van der Waals surface area contributed by atoms with Crippen LogP contribution in [-0.4, -0.2) is 79.5 Å². The van der Waals surface area contributed by atoms with Crippen molar-refractivity contribution in [3.8, 4) is 22.3 Å². The normalized spacial score (nSPS) is 15.3. The first-order chi connectivity index (χ1) is 26.6. The van der Waals surface area contributed by atoms with Crippen LogP contribution < -0.4 is 27.4 Å². The molecule has 55 heavy (non-hydrogen) atoms. The van der Waals surface area contributed by atoms with Gasteiger partial charge >= 0.3 is 0 Å². The molecule has 0 saturated carbocycles. The molecule has 6 aromatic rings. The molecular weight excluding hydrogens is 747 g/mol. The van der Waals surface area contributed by atoms with Gasteiger partial charge < -0.3 is 41.2 Å². The van der Waals surface area contributed by atoms with Gasteiger partial charge in [-0.2, -0.15) is 20.2 Å². The van der Waals surface area contributed by atoms with E-state index in [-0.39, 0.29) is 23.4 Å². The predicted octanol–water partition coefficient (Wildman–Crippen LogP) is 6.24. The number of nitrogen functional groups attached to an aromatic ring is 2. The van der Waals surface area contributed by atoms with Crippen LogP contribution in [0.15, 0.2) is 82.5 Å². The van der Waals surface area contributed by atoms with Gasteiger partial charge in [-0.05, 0) is 94.3 Å². The van der Waals surface area contributed by atoms with Crippen molar-refractivity contribution in [2.75, 3.05) is 55.3 Å². The van der Waals surface area contributed by atoms with E-state index in [0.29, 0.717) is 33.5 Å². The molecule has 0 bridgehead atoms. The Morgan fingerprint density at radius 2 is 1.18 bits per heavy atom. The van der Waals surface area contributed by atoms with Gasteiger partial charge in [0, 0.05) is 23.5 Å². The number of amides is 2. The van der Waals surface area contributed by atoms with E-state index in [1.54, 1.807) is 12.1 Å². The van der Waals surface area contributed by atoms with Gasteiger partial charge in [0.25, 0.3) is 23.8 Å². The zero-order valence-electron chi connectivity index (χ0n) is 29.9. The molecule has 0 spiro atoms. The van der Waals surface area contributed by atoms with E-state index in [0.717, 1.165) is 74.1 Å². The highest BCUT2D eigenvalue weighted by molar-refractivity contribution is 6.34. The summed E-state index contributed by atoms with van der Waals surface area (Å²) in [7, 11) is 2.14. The lowest BCUT2D eigenvalue weighted by atomic mass is 10.1. The number of nitrogens with zero attached hydrogens (tertiary/aromatic N) is 7. The highest BCUT2D eigenvalue weighted by Gasteiger charge is 2.21. The van der Waals surface area contributed by atoms with Crippen molar-refractivity contribution in [1.29, 1.82) is 0 Å². The van der Waals surface area contributed by atoms with Crippen LogP contribution in [-0.2, 0) is 0 Å². The number of oxazole rings is 2. The lowest BCUT2D eigenvalue weighted by molar-refractivity contribution is 0.101. The second-order valence-electron chi connectivity index (χ2n) is 13.4. The smallest absolute Gasteiger partial charge is 0.292 e. The maximum Gasteiger partial charge on any atom is 0.292 e. The molecule has 2 saturated heterocycles. The summed E-state index contributed by atoms with van der Waals surface area (Å²) in [5, 5.41) is 18.7. The summed E-state index contributed by atoms with van der Waals surface area (Å²) in [5.41, 5.74) is 15.7. The second kappa shape index (κ2) is 16.8. The monoisotopic (exact) mass is 786 g/mol. The van der Waals surface area contributed by atoms with E-state index in [1.807, 2.05) is 58.4 Å². The second-order valence-corrected chi connectivity index (χ2v) is 14.2. The van der Waals surface area contributed by atoms with Crippen LogP contribution in [0.5, 0.6) is 0 Å². The van der Waals surface area contributed by atoms with Crippen LogP contribution >= 0.6 is 23.2 Å². The Morgan fingerprint density at radius 1 is 0.727 bits per heavy atom. The number of piperidine rings is 2. The topological polar surface area (TPSA) is 213 Å². The molecule has 2 aliphatic heterocycles. The van der Waals surface area contributed by atoms with Gasteiger partial charge in [0.15, 0.2) is 11.4 Å². The van der Waals surface area contributed by atoms with Crippen LogP contribution in [0, 0.1) is 0 Å². The van der Waals surface area contributed by atoms with E-state index in [2.05, 4.69) is 48.1 Å². The largest absolute Gasteiger partial charge is 0.431 e. The number of halogens is 2. The Balaban J connectivity index is 0.000000169. The van der Waals surface area contributed by atoms with Crippen LogP contribution in [0.2, 0.25) is 10.0 Å². The van der Waals surface area contributed by atoms with Crippen LogP contribution in [0.4, 0.5) is 23.4 Å². The Morgan fingerprint density at radius 3 is 1.62 bits per heavy atom. The number of hydrogen-bond acceptors (Lipinski definition) is 12. The fourth-order valence-corrected chi connectivity index (χ4v) is 6.79. The SMILES string of the molecule is CN1CCC(n2cc(-c3ccc(Cl)c(NC(=O)c4coc(N)n4)c3)cn2)CC1.Nc1nc(C(=O)Nc2cc(-c3cnn(C4CCNCC4)c3)ccc2Cl)co1. The molecule has 286 valence electrons. The van der Waals surface area contributed by atoms with Crippen molar-refractivity contribution < 1.29 is 18.4 Å². The van der Waals surface area contributed by atoms with Gasteiger partial charge in [0.05, 0.1) is 45.9 Å². The number of likely N-dealkylation sites (tertiary alicyclic amines) is 1. The van der Waals surface area contributed by atoms with E-state index >= 15 is 0 Å². The predicted molar refractivity (Wildman–Crippen MR) is 210 cm³/mol. The summed E-state index contributed by atoms with van der Waals surface area (Å²) in [4.78, 5) is 34.5. The first-order valence-electron chi connectivity index (χ1n) is 17.7. The van der Waals surface area contributed by atoms with Crippen molar-refractivity contribution in [2.24, 2.45) is 0 Å². The molecule has 18 heteroatoms. The average molecular weight is 788 g/mol. The molecule has 16 nitrogen and oxygen atoms in total. The van der Waals surface area contributed by atoms with Gasteiger partial charge in [-0.15, -0.1) is 0 Å². The molecule has 0 atom stereocenters. The highest BCUT2D eigenvalue weighted by atomic mass is 35.5. The minimum atomic E-state index is -0.445. The van der Waals surface area contributed by atoms with Crippen LogP contribution in [0.1, 0.15) is 58.7 Å². The number of hydrogen-bond donors (Lipinski definition) is 5. The van der Waals surface area contributed by atoms with E-state index in [4.69, 9.17) is 43.5 Å². The number of nitrogens with one attached hydrogen (secondary N) is 3. The lowest BCUT2D eigenvalue weighted by Crippen LogP contribution is -2.31. The molecule has 2 fully saturated rings. The third-order valence-electron chi connectivity index (χ3n) is 9.55. The third kappa shape index (κ3) is 9.17. The number of aromatic nitrogens is 6. The Hall–Kier alpha value is -5.68. The summed E-state index contributed by atoms with van der Waals surface area (Å²) < 4.78 is 13.8. The number of carbonyl (C=O) groups is 2. The van der Waals surface area contributed by atoms with Crippen molar-refractivity contribution >= 4 is 58.4 Å². The summed E-state index contributed by atoms with van der Waals surface area (Å²) in [6, 6.07) is 11.6. The summed E-state index contributed by atoms with van der Waals surface area (Å²) in [6.45, 7) is 4.15. The zero-order valence-corrected chi connectivity index (χ0v) is 31.4. The van der Waals surface area contributed by atoms with Crippen molar-refractivity contribution in [3.63, 3.8) is 0 Å². The first kappa shape index (κ1) is 37.6. The summed E-state index contributed by atoms with van der Waals surface area (Å²) >= 11 is 12.5. The maximum absolute atomic E-state index is 12.3. The van der Waals surface area contributed by atoms with Crippen LogP contribution in [0.3, 0.4) is 0 Å². The van der Waals surface area contributed by atoms with Gasteiger partial charge in [0.1, 0.15) is 12.5 Å². The van der Waals surface area contributed by atoms with Crippen molar-refractivity contribution in [1.82, 2.24) is 39.7 Å². The van der Waals surface area contributed by atoms with E-state index in [9.17, 15) is 9.59 Å². The number of benzene rings is 2. The van der Waals surface area contributed by atoms with Gasteiger partial charge in [-0.1, -0.05) is 35.3 Å². The Kier molecular flexibility index (Phi) is 11.5. The third-order valence-corrected chi connectivity index (χ3v) is 10.2. The standard InChI is InChI=1S/C19H21ClN6O2.C18H19ClN6O2/c1-25-6-4-14(5-7-25)26-10-13(9-22-26)12-2-3-15(20)16(8-12)23-18(27)17-11-28-19(21)24-17;19-14-2-1-11(7-15(14)23-17(26)16-10-27-18(20)24-16)12-8-22-25(9-12)13-3-5-21-6-4-13/h2-3,8-11,14H,4-7H2,1H3,(H2,21,24)(H,23,27);1-2,7-10,13,21H,3-6H2,(H2,20,24)(H,23,26). The van der Waals surface area contributed by atoms with E-state index in [1.165, 1.54) is 12.5 Å². The summed E-state index contributed by atoms with van der Waals surface area (Å²) in [6.07, 6.45) is 14.4. The van der Waals surface area contributed by atoms with Crippen LogP contribution in [0.25, 0.3) is 22.3 Å². The molecule has 7 N–H and O–H groups in total. The van der Waals surface area contributed by atoms with E-state index < -0.39 is 11.8 Å². The molecule has 8 rings (SSSR count). The minimum Gasteiger partial charge on any atom is -0.431 e. The quantitative estimate of drug-likeness (QED) is 0.116. The Bertz CT molecular complexity index is 2270. The minimum absolute atomic E-state index is 0.0636. The number of anilines is 4. The number of carbonyl (C=O) groups excluding carboxylic acids is 2. The van der Waals surface area contributed by atoms with Crippen molar-refractivity contribution in [3.05, 3.63) is 95.1 Å². The summed E-state index contributed by atoms with van der Waals surface area (Å²) in [5.74, 6) is -0.888. The van der Waals surface area contributed by atoms with Gasteiger partial charge in [-0.25, -0.2) is 0 Å². The molecular formula is C37H40Cl2N12O4. The molecule has 4 aromatic heterocycles. The highest BCUT2D eigenvalue weighted by Crippen LogP contribution is 2.32. The van der Waals surface area contributed by atoms with Crippen molar-refractivity contribution in [2.45, 2.75) is 37.8 Å². The number of nitrogens with two attached hydrogens (primary N) is 2.